The van der Waals surface area contributed by atoms with E-state index in [0.717, 1.165) is 25.1 Å². The lowest BCUT2D eigenvalue weighted by molar-refractivity contribution is -0.139. The van der Waals surface area contributed by atoms with Crippen molar-refractivity contribution in [2.45, 2.75) is 32.0 Å². The van der Waals surface area contributed by atoms with Crippen LogP contribution in [0, 0.1) is 6.92 Å². The standard InChI is InChI=1S/C10H10F3NO/c1-6-4-8(10(11,12)13)9(5-14-6)15-7-2-3-7/h4-5,7H,2-3H2,1H3. The molecule has 1 fully saturated rings. The quantitative estimate of drug-likeness (QED) is 0.759. The molecule has 0 radical (unpaired) electrons. The lowest BCUT2D eigenvalue weighted by Crippen LogP contribution is -2.10. The molecule has 0 saturated heterocycles. The normalized spacial score (nSPS) is 16.5. The van der Waals surface area contributed by atoms with Crippen molar-refractivity contribution >= 4 is 0 Å². The molecule has 0 aromatic carbocycles. The topological polar surface area (TPSA) is 22.1 Å². The summed E-state index contributed by atoms with van der Waals surface area (Å²) in [4.78, 5) is 3.81. The van der Waals surface area contributed by atoms with Gasteiger partial charge in [-0.2, -0.15) is 13.2 Å². The maximum atomic E-state index is 12.6. The van der Waals surface area contributed by atoms with E-state index in [1.54, 1.807) is 0 Å². The molecule has 1 aromatic heterocycles. The van der Waals surface area contributed by atoms with E-state index < -0.39 is 11.7 Å². The predicted octanol–water partition coefficient (Wildman–Crippen LogP) is 2.95. The van der Waals surface area contributed by atoms with Crippen LogP contribution < -0.4 is 4.74 Å². The third-order valence-corrected chi connectivity index (χ3v) is 2.13. The number of hydrogen-bond acceptors (Lipinski definition) is 2. The van der Waals surface area contributed by atoms with Crippen LogP contribution in [0.1, 0.15) is 24.1 Å². The summed E-state index contributed by atoms with van der Waals surface area (Å²) in [5.41, 5.74) is -0.396. The molecule has 2 rings (SSSR count). The summed E-state index contributed by atoms with van der Waals surface area (Å²) in [6.07, 6.45) is -1.64. The molecule has 0 bridgehead atoms. The minimum atomic E-state index is -4.38. The second-order valence-electron chi connectivity index (χ2n) is 3.64. The highest BCUT2D eigenvalue weighted by Gasteiger charge is 2.36. The molecule has 1 saturated carbocycles. The molecule has 0 N–H and O–H groups in total. The zero-order valence-electron chi connectivity index (χ0n) is 8.14. The van der Waals surface area contributed by atoms with E-state index in [1.807, 2.05) is 0 Å². The number of nitrogens with zero attached hydrogens (tertiary/aromatic N) is 1. The summed E-state index contributed by atoms with van der Waals surface area (Å²) in [5, 5.41) is 0. The SMILES string of the molecule is Cc1cc(C(F)(F)F)c(OC2CC2)cn1. The van der Waals surface area contributed by atoms with E-state index in [0.29, 0.717) is 5.69 Å². The lowest BCUT2D eigenvalue weighted by Gasteiger charge is -2.13. The Kier molecular flexibility index (Phi) is 2.32. The van der Waals surface area contributed by atoms with Gasteiger partial charge < -0.3 is 4.74 Å². The molecule has 1 aliphatic carbocycles. The molecule has 15 heavy (non-hydrogen) atoms. The van der Waals surface area contributed by atoms with Gasteiger partial charge in [-0.05, 0) is 25.8 Å². The van der Waals surface area contributed by atoms with Crippen molar-refractivity contribution in [1.82, 2.24) is 4.98 Å². The molecule has 5 heteroatoms. The fourth-order valence-electron chi connectivity index (χ4n) is 1.23. The van der Waals surface area contributed by atoms with Crippen molar-refractivity contribution in [2.75, 3.05) is 0 Å². The molecule has 1 heterocycles. The van der Waals surface area contributed by atoms with Crippen molar-refractivity contribution in [3.05, 3.63) is 23.5 Å². The number of pyridine rings is 1. The van der Waals surface area contributed by atoms with Gasteiger partial charge in [-0.25, -0.2) is 0 Å². The smallest absolute Gasteiger partial charge is 0.420 e. The summed E-state index contributed by atoms with van der Waals surface area (Å²) in [5.74, 6) is -0.157. The van der Waals surface area contributed by atoms with Gasteiger partial charge in [0.1, 0.15) is 11.3 Å². The van der Waals surface area contributed by atoms with Gasteiger partial charge in [-0.1, -0.05) is 0 Å². The fourth-order valence-corrected chi connectivity index (χ4v) is 1.23. The molecule has 1 aromatic rings. The van der Waals surface area contributed by atoms with Crippen LogP contribution in [0.15, 0.2) is 12.3 Å². The van der Waals surface area contributed by atoms with E-state index in [2.05, 4.69) is 4.98 Å². The second-order valence-corrected chi connectivity index (χ2v) is 3.64. The van der Waals surface area contributed by atoms with E-state index in [4.69, 9.17) is 4.74 Å². The average Bonchev–Trinajstić information content (AvgIpc) is 2.90. The first kappa shape index (κ1) is 10.3. The minimum absolute atomic E-state index is 0.0596. The van der Waals surface area contributed by atoms with Crippen LogP contribution >= 0.6 is 0 Å². The Morgan fingerprint density at radius 2 is 2.07 bits per heavy atom. The maximum Gasteiger partial charge on any atom is 0.420 e. The molecular weight excluding hydrogens is 207 g/mol. The first-order valence-electron chi connectivity index (χ1n) is 4.67. The third-order valence-electron chi connectivity index (χ3n) is 2.13. The van der Waals surface area contributed by atoms with Crippen molar-refractivity contribution in [2.24, 2.45) is 0 Å². The highest BCUT2D eigenvalue weighted by molar-refractivity contribution is 5.35. The number of halogens is 3. The Labute approximate surface area is 85.1 Å². The van der Waals surface area contributed by atoms with Gasteiger partial charge in [0.05, 0.1) is 12.3 Å². The second kappa shape index (κ2) is 3.40. The third kappa shape index (κ3) is 2.40. The molecule has 82 valence electrons. The largest absolute Gasteiger partial charge is 0.488 e. The Morgan fingerprint density at radius 3 is 2.60 bits per heavy atom. The predicted molar refractivity (Wildman–Crippen MR) is 47.6 cm³/mol. The number of alkyl halides is 3. The molecule has 0 unspecified atom stereocenters. The van der Waals surface area contributed by atoms with Crippen LogP contribution in [0.25, 0.3) is 0 Å². The van der Waals surface area contributed by atoms with Crippen molar-refractivity contribution in [1.29, 1.82) is 0 Å². The Balaban J connectivity index is 2.34. The number of aryl methyl sites for hydroxylation is 1. The molecule has 0 amide bonds. The average molecular weight is 217 g/mol. The maximum absolute atomic E-state index is 12.6. The van der Waals surface area contributed by atoms with E-state index >= 15 is 0 Å². The van der Waals surface area contributed by atoms with Gasteiger partial charge >= 0.3 is 6.18 Å². The Hall–Kier alpha value is -1.26. The molecule has 2 nitrogen and oxygen atoms in total. The molecule has 0 atom stereocenters. The zero-order valence-corrected chi connectivity index (χ0v) is 8.14. The van der Waals surface area contributed by atoms with Crippen LogP contribution in [-0.4, -0.2) is 11.1 Å². The highest BCUT2D eigenvalue weighted by atomic mass is 19.4. The Bertz CT molecular complexity index is 371. The van der Waals surface area contributed by atoms with Gasteiger partial charge in [-0.15, -0.1) is 0 Å². The van der Waals surface area contributed by atoms with Gasteiger partial charge in [0, 0.05) is 5.69 Å². The zero-order chi connectivity index (χ0) is 11.1. The van der Waals surface area contributed by atoms with E-state index in [9.17, 15) is 13.2 Å². The van der Waals surface area contributed by atoms with Gasteiger partial charge in [0.25, 0.3) is 0 Å². The minimum Gasteiger partial charge on any atom is -0.488 e. The number of aromatic nitrogens is 1. The molecule has 0 aliphatic heterocycles. The molecule has 1 aliphatic rings. The monoisotopic (exact) mass is 217 g/mol. The first-order chi connectivity index (χ1) is 6.97. The van der Waals surface area contributed by atoms with Gasteiger partial charge in [0.2, 0.25) is 0 Å². The number of rotatable bonds is 2. The van der Waals surface area contributed by atoms with Crippen molar-refractivity contribution in [3.8, 4) is 5.75 Å². The van der Waals surface area contributed by atoms with Crippen LogP contribution in [0.4, 0.5) is 13.2 Å². The molecule has 0 spiro atoms. The summed E-state index contributed by atoms with van der Waals surface area (Å²) < 4.78 is 42.9. The summed E-state index contributed by atoms with van der Waals surface area (Å²) >= 11 is 0. The number of hydrogen-bond donors (Lipinski definition) is 0. The van der Waals surface area contributed by atoms with Crippen LogP contribution in [0.5, 0.6) is 5.75 Å². The fraction of sp³-hybridized carbons (Fsp3) is 0.500. The van der Waals surface area contributed by atoms with Gasteiger partial charge in [0.15, 0.2) is 0 Å². The Morgan fingerprint density at radius 1 is 1.40 bits per heavy atom. The van der Waals surface area contributed by atoms with Crippen molar-refractivity contribution in [3.63, 3.8) is 0 Å². The van der Waals surface area contributed by atoms with Crippen LogP contribution in [-0.2, 0) is 6.18 Å². The van der Waals surface area contributed by atoms with Crippen LogP contribution in [0.2, 0.25) is 0 Å². The van der Waals surface area contributed by atoms with Gasteiger partial charge in [-0.3, -0.25) is 4.98 Å². The van der Waals surface area contributed by atoms with E-state index in [-0.39, 0.29) is 11.9 Å². The van der Waals surface area contributed by atoms with E-state index in [1.165, 1.54) is 6.92 Å². The highest BCUT2D eigenvalue weighted by Crippen LogP contribution is 2.38. The molecular formula is C10H10F3NO. The first-order valence-corrected chi connectivity index (χ1v) is 4.67. The lowest BCUT2D eigenvalue weighted by atomic mass is 10.2. The summed E-state index contributed by atoms with van der Waals surface area (Å²) in [6.45, 7) is 1.52. The summed E-state index contributed by atoms with van der Waals surface area (Å²) in [7, 11) is 0. The number of ether oxygens (including phenoxy) is 1. The van der Waals surface area contributed by atoms with Crippen molar-refractivity contribution < 1.29 is 17.9 Å². The van der Waals surface area contributed by atoms with Crippen LogP contribution in [0.3, 0.4) is 0 Å². The summed E-state index contributed by atoms with van der Waals surface area (Å²) in [6, 6.07) is 1.01.